The van der Waals surface area contributed by atoms with Crippen molar-refractivity contribution in [2.45, 2.75) is 13.8 Å². The summed E-state index contributed by atoms with van der Waals surface area (Å²) in [6.45, 7) is 7.80. The third-order valence-electron chi connectivity index (χ3n) is 4.13. The number of carbonyl (C=O) groups is 3. The van der Waals surface area contributed by atoms with Gasteiger partial charge in [0.05, 0.1) is 13.1 Å². The summed E-state index contributed by atoms with van der Waals surface area (Å²) in [6, 6.07) is 6.94. The van der Waals surface area contributed by atoms with Crippen molar-refractivity contribution in [2.24, 2.45) is 0 Å². The maximum Gasteiger partial charge on any atom is 0.238 e. The quantitative estimate of drug-likeness (QED) is 0.706. The van der Waals surface area contributed by atoms with Crippen molar-refractivity contribution in [3.05, 3.63) is 29.8 Å². The molecular weight excluding hydrogens is 320 g/mol. The number of hydrogen-bond donors (Lipinski definition) is 2. The fraction of sp³-hybridized carbons (Fsp3) is 0.500. The number of benzene rings is 1. The van der Waals surface area contributed by atoms with Gasteiger partial charge >= 0.3 is 0 Å². The van der Waals surface area contributed by atoms with Gasteiger partial charge in [-0.1, -0.05) is 12.1 Å². The first-order valence-corrected chi connectivity index (χ1v) is 8.60. The molecule has 0 aliphatic carbocycles. The first-order chi connectivity index (χ1) is 12.0. The zero-order valence-electron chi connectivity index (χ0n) is 14.9. The second-order valence-corrected chi connectivity index (χ2v) is 6.19. The van der Waals surface area contributed by atoms with E-state index in [2.05, 4.69) is 20.4 Å². The molecule has 7 heteroatoms. The van der Waals surface area contributed by atoms with Gasteiger partial charge in [0.1, 0.15) is 0 Å². The van der Waals surface area contributed by atoms with Gasteiger partial charge in [0.15, 0.2) is 5.78 Å². The Morgan fingerprint density at radius 2 is 1.60 bits per heavy atom. The lowest BCUT2D eigenvalue weighted by Gasteiger charge is -2.33. The van der Waals surface area contributed by atoms with Crippen molar-refractivity contribution in [3.8, 4) is 0 Å². The summed E-state index contributed by atoms with van der Waals surface area (Å²) in [5.74, 6) is -0.0868. The summed E-state index contributed by atoms with van der Waals surface area (Å²) in [7, 11) is 0. The number of piperazine rings is 1. The molecule has 0 saturated carbocycles. The van der Waals surface area contributed by atoms with Crippen LogP contribution in [0.2, 0.25) is 0 Å². The Kier molecular flexibility index (Phi) is 7.09. The second-order valence-electron chi connectivity index (χ2n) is 6.19. The van der Waals surface area contributed by atoms with E-state index in [9.17, 15) is 14.4 Å². The molecule has 0 atom stereocenters. The van der Waals surface area contributed by atoms with Crippen LogP contribution in [0.1, 0.15) is 24.2 Å². The Bertz CT molecular complexity index is 625. The molecule has 1 heterocycles. The van der Waals surface area contributed by atoms with E-state index in [4.69, 9.17) is 0 Å². The van der Waals surface area contributed by atoms with E-state index in [1.165, 1.54) is 6.92 Å². The molecule has 2 rings (SSSR count). The molecule has 2 N–H and O–H groups in total. The molecule has 0 bridgehead atoms. The van der Waals surface area contributed by atoms with E-state index in [1.54, 1.807) is 24.3 Å². The molecule has 0 radical (unpaired) electrons. The minimum atomic E-state index is -0.0992. The van der Waals surface area contributed by atoms with Gasteiger partial charge in [-0.15, -0.1) is 0 Å². The highest BCUT2D eigenvalue weighted by Gasteiger charge is 2.20. The zero-order chi connectivity index (χ0) is 18.2. The molecule has 0 spiro atoms. The summed E-state index contributed by atoms with van der Waals surface area (Å²) in [5, 5.41) is 5.63. The van der Waals surface area contributed by atoms with Crippen LogP contribution in [0.15, 0.2) is 24.3 Å². The van der Waals surface area contributed by atoms with Gasteiger partial charge in [-0.2, -0.15) is 0 Å². The molecule has 7 nitrogen and oxygen atoms in total. The molecule has 1 aromatic carbocycles. The third-order valence-corrected chi connectivity index (χ3v) is 4.13. The Hall–Kier alpha value is -2.25. The van der Waals surface area contributed by atoms with Crippen LogP contribution < -0.4 is 10.6 Å². The summed E-state index contributed by atoms with van der Waals surface area (Å²) in [5.41, 5.74) is 1.21. The van der Waals surface area contributed by atoms with Crippen molar-refractivity contribution in [1.29, 1.82) is 0 Å². The van der Waals surface area contributed by atoms with Gasteiger partial charge in [-0.3, -0.25) is 24.2 Å². The van der Waals surface area contributed by atoms with E-state index in [-0.39, 0.29) is 17.6 Å². The molecule has 1 fully saturated rings. The smallest absolute Gasteiger partial charge is 0.238 e. The number of hydrogen-bond acceptors (Lipinski definition) is 5. The van der Waals surface area contributed by atoms with E-state index in [0.717, 1.165) is 26.2 Å². The summed E-state index contributed by atoms with van der Waals surface area (Å²) >= 11 is 0. The Morgan fingerprint density at radius 3 is 2.16 bits per heavy atom. The van der Waals surface area contributed by atoms with Crippen LogP contribution in [0.5, 0.6) is 0 Å². The van der Waals surface area contributed by atoms with Crippen LogP contribution >= 0.6 is 0 Å². The number of amides is 2. The highest BCUT2D eigenvalue weighted by atomic mass is 16.2. The topological polar surface area (TPSA) is 81.8 Å². The van der Waals surface area contributed by atoms with Crippen LogP contribution in [0.4, 0.5) is 5.69 Å². The van der Waals surface area contributed by atoms with Crippen molar-refractivity contribution in [3.63, 3.8) is 0 Å². The van der Waals surface area contributed by atoms with Gasteiger partial charge in [0.25, 0.3) is 0 Å². The minimum absolute atomic E-state index is 0.0284. The Balaban J connectivity index is 1.76. The van der Waals surface area contributed by atoms with E-state index >= 15 is 0 Å². The van der Waals surface area contributed by atoms with E-state index in [1.807, 2.05) is 6.92 Å². The lowest BCUT2D eigenvalue weighted by molar-refractivity contribution is -0.123. The second kappa shape index (κ2) is 9.29. The molecule has 1 saturated heterocycles. The number of carbonyl (C=O) groups excluding carboxylic acids is 3. The van der Waals surface area contributed by atoms with Crippen LogP contribution in [0.3, 0.4) is 0 Å². The number of anilines is 1. The van der Waals surface area contributed by atoms with E-state index < -0.39 is 0 Å². The summed E-state index contributed by atoms with van der Waals surface area (Å²) in [6.07, 6.45) is 0. The number of nitrogens with zero attached hydrogens (tertiary/aromatic N) is 2. The largest absolute Gasteiger partial charge is 0.355 e. The monoisotopic (exact) mass is 346 g/mol. The highest BCUT2D eigenvalue weighted by molar-refractivity contribution is 5.97. The van der Waals surface area contributed by atoms with Gasteiger partial charge in [-0.25, -0.2) is 0 Å². The average Bonchev–Trinajstić information content (AvgIpc) is 2.57. The van der Waals surface area contributed by atoms with Crippen LogP contribution in [-0.4, -0.2) is 73.2 Å². The fourth-order valence-electron chi connectivity index (χ4n) is 2.78. The van der Waals surface area contributed by atoms with Crippen LogP contribution in [0, 0.1) is 0 Å². The van der Waals surface area contributed by atoms with Crippen molar-refractivity contribution in [1.82, 2.24) is 15.1 Å². The number of nitrogens with one attached hydrogen (secondary N) is 2. The molecule has 2 amide bonds. The van der Waals surface area contributed by atoms with Gasteiger partial charge in [0.2, 0.25) is 11.8 Å². The molecule has 1 aromatic rings. The number of likely N-dealkylation sites (N-methyl/N-ethyl adjacent to an activating group) is 1. The maximum atomic E-state index is 12.2. The molecule has 136 valence electrons. The van der Waals surface area contributed by atoms with Gasteiger partial charge < -0.3 is 10.6 Å². The minimum Gasteiger partial charge on any atom is -0.355 e. The third kappa shape index (κ3) is 6.28. The maximum absolute atomic E-state index is 12.2. The standard InChI is InChI=1S/C18H26N4O3/c1-3-19-17(24)12-21-7-9-22(10-8-21)13-18(25)20-16-6-4-5-15(11-16)14(2)23/h4-6,11H,3,7-10,12-13H2,1-2H3,(H,19,24)(H,20,25). The highest BCUT2D eigenvalue weighted by Crippen LogP contribution is 2.11. The fourth-order valence-corrected chi connectivity index (χ4v) is 2.78. The number of rotatable bonds is 7. The molecule has 1 aliphatic rings. The molecule has 0 aromatic heterocycles. The Morgan fingerprint density at radius 1 is 1.00 bits per heavy atom. The zero-order valence-corrected chi connectivity index (χ0v) is 14.9. The average molecular weight is 346 g/mol. The van der Waals surface area contributed by atoms with Crippen molar-refractivity contribution in [2.75, 3.05) is 51.1 Å². The number of ketones is 1. The van der Waals surface area contributed by atoms with Crippen molar-refractivity contribution < 1.29 is 14.4 Å². The molecular formula is C18H26N4O3. The van der Waals surface area contributed by atoms with Crippen molar-refractivity contribution >= 4 is 23.3 Å². The number of Topliss-reactive ketones (excluding diaryl/α,β-unsaturated/α-hetero) is 1. The Labute approximate surface area is 148 Å². The van der Waals surface area contributed by atoms with Gasteiger partial charge in [-0.05, 0) is 26.0 Å². The van der Waals surface area contributed by atoms with Crippen LogP contribution in [0.25, 0.3) is 0 Å². The van der Waals surface area contributed by atoms with Gasteiger partial charge in [0, 0.05) is 44.0 Å². The lowest BCUT2D eigenvalue weighted by Crippen LogP contribution is -2.51. The molecule has 0 unspecified atom stereocenters. The molecule has 1 aliphatic heterocycles. The first kappa shape index (κ1) is 19.1. The SMILES string of the molecule is CCNC(=O)CN1CCN(CC(=O)Nc2cccc(C(C)=O)c2)CC1. The lowest BCUT2D eigenvalue weighted by atomic mass is 10.1. The normalized spacial score (nSPS) is 15.6. The summed E-state index contributed by atoms with van der Waals surface area (Å²) < 4.78 is 0. The summed E-state index contributed by atoms with van der Waals surface area (Å²) in [4.78, 5) is 39.3. The predicted octanol–water partition coefficient (Wildman–Crippen LogP) is 0.581. The molecule has 25 heavy (non-hydrogen) atoms. The van der Waals surface area contributed by atoms with E-state index in [0.29, 0.717) is 30.9 Å². The predicted molar refractivity (Wildman–Crippen MR) is 96.6 cm³/mol. The van der Waals surface area contributed by atoms with Crippen LogP contribution in [-0.2, 0) is 9.59 Å². The first-order valence-electron chi connectivity index (χ1n) is 8.60.